The number of benzene rings is 1. The maximum absolute atomic E-state index is 11.3. The summed E-state index contributed by atoms with van der Waals surface area (Å²) in [6, 6.07) is 4.52. The Morgan fingerprint density at radius 1 is 1.47 bits per heavy atom. The second-order valence-corrected chi connectivity index (χ2v) is 5.96. The van der Waals surface area contributed by atoms with Gasteiger partial charge in [-0.2, -0.15) is 0 Å². The normalized spacial score (nSPS) is 13.9. The molecular weight excluding hydrogens is 236 g/mol. The summed E-state index contributed by atoms with van der Waals surface area (Å²) < 4.78 is 22.6. The van der Waals surface area contributed by atoms with Crippen LogP contribution >= 0.6 is 11.6 Å². The maximum Gasteiger partial charge on any atom is 0.175 e. The van der Waals surface area contributed by atoms with Gasteiger partial charge in [-0.25, -0.2) is 8.42 Å². The lowest BCUT2D eigenvalue weighted by Gasteiger charge is -2.11. The van der Waals surface area contributed by atoms with Crippen LogP contribution in [0.1, 0.15) is 18.4 Å². The number of aliphatic hydroxyl groups excluding tert-OH is 1. The zero-order valence-corrected chi connectivity index (χ0v) is 10.1. The predicted octanol–water partition coefficient (Wildman–Crippen LogP) is 1.84. The Morgan fingerprint density at radius 2 is 2.07 bits per heavy atom. The number of hydrogen-bond donors (Lipinski definition) is 1. The lowest BCUT2D eigenvalue weighted by molar-refractivity contribution is 0.273. The molecule has 1 N–H and O–H groups in total. The first kappa shape index (κ1) is 12.5. The summed E-state index contributed by atoms with van der Waals surface area (Å²) in [5.41, 5.74) is 0.655. The molecule has 1 unspecified atom stereocenters. The van der Waals surface area contributed by atoms with Crippen LogP contribution in [-0.4, -0.2) is 26.4 Å². The summed E-state index contributed by atoms with van der Waals surface area (Å²) in [6.45, 7) is 1.72. The average molecular weight is 249 g/mol. The molecule has 0 bridgehead atoms. The Labute approximate surface area is 94.6 Å². The van der Waals surface area contributed by atoms with Gasteiger partial charge in [-0.3, -0.25) is 0 Å². The van der Waals surface area contributed by atoms with Crippen LogP contribution in [0.2, 0.25) is 5.02 Å². The molecule has 1 aromatic rings. The van der Waals surface area contributed by atoms with Gasteiger partial charge in [0.25, 0.3) is 0 Å². The molecule has 0 amide bonds. The molecule has 0 aliphatic rings. The van der Waals surface area contributed by atoms with E-state index >= 15 is 0 Å². The van der Waals surface area contributed by atoms with Gasteiger partial charge < -0.3 is 5.11 Å². The van der Waals surface area contributed by atoms with Crippen LogP contribution in [0.4, 0.5) is 0 Å². The number of aliphatic hydroxyl groups is 1. The highest BCUT2D eigenvalue weighted by Crippen LogP contribution is 2.26. The van der Waals surface area contributed by atoms with Gasteiger partial charge in [-0.1, -0.05) is 18.5 Å². The molecule has 1 atom stereocenters. The third-order valence-corrected chi connectivity index (χ3v) is 3.65. The molecule has 0 spiro atoms. The number of sulfone groups is 1. The minimum absolute atomic E-state index is 0.0626. The fraction of sp³-hybridized carbons (Fsp3) is 0.400. The smallest absolute Gasteiger partial charge is 0.175 e. The van der Waals surface area contributed by atoms with E-state index in [9.17, 15) is 8.42 Å². The maximum atomic E-state index is 11.3. The second-order valence-electron chi connectivity index (χ2n) is 3.54. The summed E-state index contributed by atoms with van der Waals surface area (Å²) in [4.78, 5) is 0.224. The summed E-state index contributed by atoms with van der Waals surface area (Å²) in [5, 5.41) is 9.47. The van der Waals surface area contributed by atoms with Crippen LogP contribution in [0.25, 0.3) is 0 Å². The zero-order valence-electron chi connectivity index (χ0n) is 8.57. The molecule has 0 aliphatic heterocycles. The van der Waals surface area contributed by atoms with E-state index in [2.05, 4.69) is 0 Å². The first-order valence-electron chi connectivity index (χ1n) is 4.46. The van der Waals surface area contributed by atoms with E-state index < -0.39 is 9.84 Å². The van der Waals surface area contributed by atoms with Crippen LogP contribution in [-0.2, 0) is 9.84 Å². The Kier molecular flexibility index (Phi) is 3.76. The molecule has 3 nitrogen and oxygen atoms in total. The fourth-order valence-corrected chi connectivity index (χ4v) is 2.19. The summed E-state index contributed by atoms with van der Waals surface area (Å²) in [7, 11) is -3.22. The molecule has 15 heavy (non-hydrogen) atoms. The van der Waals surface area contributed by atoms with Crippen molar-refractivity contribution in [1.29, 1.82) is 0 Å². The van der Waals surface area contributed by atoms with Crippen molar-refractivity contribution < 1.29 is 13.5 Å². The highest BCUT2D eigenvalue weighted by atomic mass is 35.5. The van der Waals surface area contributed by atoms with Gasteiger partial charge in [0.1, 0.15) is 0 Å². The second kappa shape index (κ2) is 4.51. The van der Waals surface area contributed by atoms with Crippen molar-refractivity contribution in [1.82, 2.24) is 0 Å². The van der Waals surface area contributed by atoms with Crippen molar-refractivity contribution in [3.05, 3.63) is 28.8 Å². The molecule has 0 aromatic heterocycles. The highest BCUT2D eigenvalue weighted by molar-refractivity contribution is 7.90. The first-order chi connectivity index (χ1) is 6.86. The van der Waals surface area contributed by atoms with E-state index in [4.69, 9.17) is 16.7 Å². The molecule has 0 saturated carbocycles. The number of halogens is 1. The average Bonchev–Trinajstić information content (AvgIpc) is 2.15. The van der Waals surface area contributed by atoms with Crippen LogP contribution in [0.5, 0.6) is 0 Å². The molecule has 1 aromatic carbocycles. The van der Waals surface area contributed by atoms with E-state index in [0.29, 0.717) is 10.6 Å². The van der Waals surface area contributed by atoms with Gasteiger partial charge in [-0.15, -0.1) is 0 Å². The third-order valence-electron chi connectivity index (χ3n) is 2.20. The van der Waals surface area contributed by atoms with Gasteiger partial charge in [-0.05, 0) is 23.8 Å². The van der Waals surface area contributed by atoms with Gasteiger partial charge in [0.2, 0.25) is 0 Å². The van der Waals surface area contributed by atoms with Crippen molar-refractivity contribution in [2.45, 2.75) is 17.7 Å². The summed E-state index contributed by atoms with van der Waals surface area (Å²) in [5.74, 6) is -0.167. The molecule has 5 heteroatoms. The largest absolute Gasteiger partial charge is 0.396 e. The lowest BCUT2D eigenvalue weighted by Crippen LogP contribution is -2.03. The van der Waals surface area contributed by atoms with Crippen LogP contribution in [0, 0.1) is 0 Å². The standard InChI is InChI=1S/C10H13ClO3S/c1-7(6-12)9-5-8(15(2,13)14)3-4-10(9)11/h3-5,7,12H,6H2,1-2H3. The minimum Gasteiger partial charge on any atom is -0.396 e. The Bertz CT molecular complexity index is 454. The number of rotatable bonds is 3. The van der Waals surface area contributed by atoms with E-state index in [1.165, 1.54) is 12.1 Å². The quantitative estimate of drug-likeness (QED) is 0.888. The predicted molar refractivity (Wildman–Crippen MR) is 60.1 cm³/mol. The zero-order chi connectivity index (χ0) is 11.6. The monoisotopic (exact) mass is 248 g/mol. The lowest BCUT2D eigenvalue weighted by atomic mass is 10.0. The summed E-state index contributed by atoms with van der Waals surface area (Å²) >= 11 is 5.91. The van der Waals surface area contributed by atoms with E-state index in [1.54, 1.807) is 13.0 Å². The van der Waals surface area contributed by atoms with Gasteiger partial charge in [0.05, 0.1) is 4.90 Å². The van der Waals surface area contributed by atoms with Crippen LogP contribution in [0.15, 0.2) is 23.1 Å². The Balaban J connectivity index is 3.29. The van der Waals surface area contributed by atoms with Crippen molar-refractivity contribution in [2.24, 2.45) is 0 Å². The molecule has 0 radical (unpaired) electrons. The molecule has 0 aliphatic carbocycles. The molecule has 84 valence electrons. The van der Waals surface area contributed by atoms with Crippen molar-refractivity contribution in [2.75, 3.05) is 12.9 Å². The molecular formula is C10H13ClO3S. The van der Waals surface area contributed by atoms with E-state index in [1.807, 2.05) is 0 Å². The van der Waals surface area contributed by atoms with E-state index in [0.717, 1.165) is 6.26 Å². The van der Waals surface area contributed by atoms with Crippen molar-refractivity contribution >= 4 is 21.4 Å². The Morgan fingerprint density at radius 3 is 2.53 bits per heavy atom. The minimum atomic E-state index is -3.22. The van der Waals surface area contributed by atoms with Gasteiger partial charge in [0, 0.05) is 23.8 Å². The third kappa shape index (κ3) is 2.93. The SMILES string of the molecule is CC(CO)c1cc(S(C)(=O)=O)ccc1Cl. The molecule has 0 fully saturated rings. The molecule has 0 heterocycles. The van der Waals surface area contributed by atoms with Gasteiger partial charge in [0.15, 0.2) is 9.84 Å². The first-order valence-corrected chi connectivity index (χ1v) is 6.73. The number of hydrogen-bond acceptors (Lipinski definition) is 3. The molecule has 1 rings (SSSR count). The summed E-state index contributed by atoms with van der Waals surface area (Å²) in [6.07, 6.45) is 1.14. The fourth-order valence-electron chi connectivity index (χ4n) is 1.23. The topological polar surface area (TPSA) is 54.4 Å². The van der Waals surface area contributed by atoms with Crippen LogP contribution < -0.4 is 0 Å². The van der Waals surface area contributed by atoms with E-state index in [-0.39, 0.29) is 17.4 Å². The highest BCUT2D eigenvalue weighted by Gasteiger charge is 2.13. The van der Waals surface area contributed by atoms with Crippen LogP contribution in [0.3, 0.4) is 0 Å². The molecule has 0 saturated heterocycles. The Hall–Kier alpha value is -0.580. The van der Waals surface area contributed by atoms with Gasteiger partial charge >= 0.3 is 0 Å². The van der Waals surface area contributed by atoms with Crippen molar-refractivity contribution in [3.8, 4) is 0 Å². The van der Waals surface area contributed by atoms with Crippen molar-refractivity contribution in [3.63, 3.8) is 0 Å².